The first-order valence-corrected chi connectivity index (χ1v) is 10.2. The molecule has 1 fully saturated rings. The van der Waals surface area contributed by atoms with Crippen LogP contribution in [0.25, 0.3) is 0 Å². The number of carbonyl (C=O) groups is 2. The lowest BCUT2D eigenvalue weighted by molar-refractivity contribution is 0.0677. The first-order valence-electron chi connectivity index (χ1n) is 10.2. The Labute approximate surface area is 181 Å². The Morgan fingerprint density at radius 3 is 2.59 bits per heavy atom. The lowest BCUT2D eigenvalue weighted by Crippen LogP contribution is -2.44. The lowest BCUT2D eigenvalue weighted by atomic mass is 9.96. The Morgan fingerprint density at radius 1 is 1.28 bits per heavy atom. The summed E-state index contributed by atoms with van der Waals surface area (Å²) in [5.41, 5.74) is -3.48. The van der Waals surface area contributed by atoms with E-state index in [1.807, 2.05) is 0 Å². The van der Waals surface area contributed by atoms with Crippen LogP contribution in [0, 0.1) is 18.6 Å². The number of pyridine rings is 1. The molecule has 1 aromatic heterocycles. The van der Waals surface area contributed by atoms with E-state index in [9.17, 15) is 32.7 Å². The van der Waals surface area contributed by atoms with Crippen molar-refractivity contribution >= 4 is 11.8 Å². The zero-order chi connectivity index (χ0) is 23.4. The van der Waals surface area contributed by atoms with Gasteiger partial charge in [-0.15, -0.1) is 0 Å². The van der Waals surface area contributed by atoms with Gasteiger partial charge in [0.05, 0.1) is 6.04 Å². The van der Waals surface area contributed by atoms with Crippen LogP contribution in [0.3, 0.4) is 0 Å². The number of fused-ring (bicyclic) bond motifs is 4. The smallest absolute Gasteiger partial charge is 0.274 e. The van der Waals surface area contributed by atoms with E-state index in [2.05, 4.69) is 5.32 Å². The second kappa shape index (κ2) is 7.68. The van der Waals surface area contributed by atoms with E-state index >= 15 is 0 Å². The highest BCUT2D eigenvalue weighted by Crippen LogP contribution is 2.37. The maximum Gasteiger partial charge on any atom is 0.274 e. The predicted octanol–water partition coefficient (Wildman–Crippen LogP) is 2.59. The molecule has 0 unspecified atom stereocenters. The van der Waals surface area contributed by atoms with Crippen molar-refractivity contribution in [2.24, 2.45) is 0 Å². The Morgan fingerprint density at radius 2 is 1.94 bits per heavy atom. The molecule has 2 aromatic rings. The first kappa shape index (κ1) is 21.9. The van der Waals surface area contributed by atoms with Gasteiger partial charge in [0.1, 0.15) is 22.9 Å². The Bertz CT molecular complexity index is 1170. The third kappa shape index (κ3) is 3.74. The summed E-state index contributed by atoms with van der Waals surface area (Å²) in [5.74, 6) is -4.21. The fourth-order valence-corrected chi connectivity index (χ4v) is 4.34. The van der Waals surface area contributed by atoms with E-state index in [1.165, 1.54) is 23.3 Å². The van der Waals surface area contributed by atoms with E-state index in [0.29, 0.717) is 5.56 Å². The number of benzene rings is 1. The number of carbonyl (C=O) groups excluding carboxylic acids is 2. The number of hydrogen-bond donors (Lipinski definition) is 2. The molecule has 1 saturated heterocycles. The molecule has 4 rings (SSSR count). The second-order valence-electron chi connectivity index (χ2n) is 8.64. The molecule has 32 heavy (non-hydrogen) atoms. The number of hydrogen-bond acceptors (Lipinski definition) is 4. The molecule has 2 atom stereocenters. The summed E-state index contributed by atoms with van der Waals surface area (Å²) < 4.78 is 44.2. The minimum absolute atomic E-state index is 0.0208. The van der Waals surface area contributed by atoms with Crippen LogP contribution >= 0.6 is 0 Å². The van der Waals surface area contributed by atoms with Crippen molar-refractivity contribution in [1.29, 1.82) is 0 Å². The van der Waals surface area contributed by atoms with E-state index in [0.717, 1.165) is 18.3 Å². The SMILES string of the molecule is Cc1cc(F)c(CNC(=O)c2cn3c(c(O)c2=O)C(=O)N2CC[C@@](C)(F)C[C@H]3C2)c(F)c1. The lowest BCUT2D eigenvalue weighted by Gasteiger charge is -2.34. The van der Waals surface area contributed by atoms with Gasteiger partial charge < -0.3 is 19.9 Å². The summed E-state index contributed by atoms with van der Waals surface area (Å²) in [5, 5.41) is 12.7. The third-order valence-electron chi connectivity index (χ3n) is 6.04. The number of halogens is 3. The fraction of sp³-hybridized carbons (Fsp3) is 0.409. The molecule has 2 aliphatic rings. The quantitative estimate of drug-likeness (QED) is 0.754. The summed E-state index contributed by atoms with van der Waals surface area (Å²) in [7, 11) is 0. The van der Waals surface area contributed by atoms with Gasteiger partial charge in [-0.2, -0.15) is 0 Å². The molecule has 0 aliphatic carbocycles. The predicted molar refractivity (Wildman–Crippen MR) is 108 cm³/mol. The maximum absolute atomic E-state index is 14.8. The number of aromatic nitrogens is 1. The molecule has 2 N–H and O–H groups in total. The highest BCUT2D eigenvalue weighted by molar-refractivity contribution is 5.99. The van der Waals surface area contributed by atoms with Gasteiger partial charge in [-0.25, -0.2) is 13.2 Å². The fourth-order valence-electron chi connectivity index (χ4n) is 4.34. The average molecular weight is 449 g/mol. The summed E-state index contributed by atoms with van der Waals surface area (Å²) >= 11 is 0. The summed E-state index contributed by atoms with van der Waals surface area (Å²) in [6.07, 6.45) is 1.23. The molecule has 0 saturated carbocycles. The second-order valence-corrected chi connectivity index (χ2v) is 8.64. The van der Waals surface area contributed by atoms with E-state index < -0.39 is 58.4 Å². The summed E-state index contributed by atoms with van der Waals surface area (Å²) in [6.45, 7) is 2.72. The number of rotatable bonds is 3. The van der Waals surface area contributed by atoms with E-state index in [1.54, 1.807) is 0 Å². The van der Waals surface area contributed by atoms with Crippen LogP contribution in [-0.4, -0.2) is 45.1 Å². The van der Waals surface area contributed by atoms with Crippen molar-refractivity contribution < 1.29 is 27.9 Å². The number of alkyl halides is 1. The highest BCUT2D eigenvalue weighted by Gasteiger charge is 2.42. The number of nitrogens with zero attached hydrogens (tertiary/aromatic N) is 2. The van der Waals surface area contributed by atoms with Gasteiger partial charge in [0, 0.05) is 37.8 Å². The van der Waals surface area contributed by atoms with Gasteiger partial charge in [0.15, 0.2) is 11.4 Å². The summed E-state index contributed by atoms with van der Waals surface area (Å²) in [4.78, 5) is 39.4. The van der Waals surface area contributed by atoms with Crippen LogP contribution in [0.15, 0.2) is 23.1 Å². The topological polar surface area (TPSA) is 91.6 Å². The molecule has 3 heterocycles. The molecule has 0 spiro atoms. The standard InChI is InChI=1S/C22H22F3N3O4/c1-11-5-15(23)13(16(24)6-11)8-26-20(31)14-10-28-12-7-22(2,25)3-4-27(9-12)21(32)17(28)19(30)18(14)29/h5-6,10,12,30H,3-4,7-9H2,1-2H3,(H,26,31)/t12-,22+/m0/s1. The average Bonchev–Trinajstić information content (AvgIpc) is 2.84. The van der Waals surface area contributed by atoms with E-state index in [-0.39, 0.29) is 37.2 Å². The maximum atomic E-state index is 14.8. The molecule has 0 radical (unpaired) electrons. The van der Waals surface area contributed by atoms with Gasteiger partial charge in [-0.05, 0) is 38.0 Å². The normalized spacial score (nSPS) is 22.3. The first-order chi connectivity index (χ1) is 15.0. The molecule has 2 bridgehead atoms. The van der Waals surface area contributed by atoms with Crippen molar-refractivity contribution in [3.63, 3.8) is 0 Å². The van der Waals surface area contributed by atoms with Crippen LogP contribution in [0.4, 0.5) is 13.2 Å². The Balaban J connectivity index is 1.69. The minimum Gasteiger partial charge on any atom is -0.503 e. The Hall–Kier alpha value is -3.30. The third-order valence-corrected chi connectivity index (χ3v) is 6.04. The van der Waals surface area contributed by atoms with Gasteiger partial charge in [0.2, 0.25) is 5.43 Å². The number of nitrogens with one attached hydrogen (secondary N) is 1. The van der Waals surface area contributed by atoms with Crippen LogP contribution < -0.4 is 10.7 Å². The molecule has 1 aromatic carbocycles. The largest absolute Gasteiger partial charge is 0.503 e. The van der Waals surface area contributed by atoms with Crippen molar-refractivity contribution in [1.82, 2.24) is 14.8 Å². The van der Waals surface area contributed by atoms with Crippen LogP contribution in [-0.2, 0) is 6.54 Å². The molecule has 170 valence electrons. The van der Waals surface area contributed by atoms with Crippen molar-refractivity contribution in [3.05, 3.63) is 62.6 Å². The monoisotopic (exact) mass is 449 g/mol. The molecular formula is C22H22F3N3O4. The summed E-state index contributed by atoms with van der Waals surface area (Å²) in [6, 6.07) is 1.63. The van der Waals surface area contributed by atoms with Crippen LogP contribution in [0.2, 0.25) is 0 Å². The molecule has 7 nitrogen and oxygen atoms in total. The van der Waals surface area contributed by atoms with Crippen molar-refractivity contribution in [2.45, 2.75) is 44.9 Å². The molecule has 10 heteroatoms. The molecule has 2 amide bonds. The van der Waals surface area contributed by atoms with Crippen LogP contribution in [0.1, 0.15) is 57.8 Å². The molecular weight excluding hydrogens is 427 g/mol. The van der Waals surface area contributed by atoms with Crippen molar-refractivity contribution in [3.8, 4) is 5.75 Å². The zero-order valence-corrected chi connectivity index (χ0v) is 17.5. The number of aryl methyl sites for hydroxylation is 1. The van der Waals surface area contributed by atoms with Gasteiger partial charge in [0.25, 0.3) is 11.8 Å². The number of amides is 2. The van der Waals surface area contributed by atoms with E-state index in [4.69, 9.17) is 0 Å². The Kier molecular flexibility index (Phi) is 5.26. The van der Waals surface area contributed by atoms with Gasteiger partial charge >= 0.3 is 0 Å². The minimum atomic E-state index is -1.58. The van der Waals surface area contributed by atoms with Gasteiger partial charge in [-0.3, -0.25) is 14.4 Å². The zero-order valence-electron chi connectivity index (χ0n) is 17.5. The highest BCUT2D eigenvalue weighted by atomic mass is 19.1. The molecule has 2 aliphatic heterocycles. The number of aromatic hydroxyl groups is 1. The van der Waals surface area contributed by atoms with Crippen LogP contribution in [0.5, 0.6) is 5.75 Å². The van der Waals surface area contributed by atoms with Gasteiger partial charge in [-0.1, -0.05) is 0 Å². The van der Waals surface area contributed by atoms with Crippen molar-refractivity contribution in [2.75, 3.05) is 13.1 Å².